The van der Waals surface area contributed by atoms with Crippen molar-refractivity contribution in [3.05, 3.63) is 0 Å². The van der Waals surface area contributed by atoms with Crippen molar-refractivity contribution in [1.82, 2.24) is 4.72 Å². The molecule has 0 unspecified atom stereocenters. The Morgan fingerprint density at radius 3 is 1.90 bits per heavy atom. The molecule has 0 amide bonds. The third-order valence-corrected chi connectivity index (χ3v) is 2.92. The number of aliphatic hydroxyl groups is 3. The molecule has 0 saturated heterocycles. The van der Waals surface area contributed by atoms with E-state index < -0.39 is 57.9 Å². The SMILES string of the molecule is O=C([C@H](O)CO)[C@H](OS(=O)(=O)O)[C@H](CO)NS(=O)(=O)O. The number of aliphatic hydroxyl groups excluding tert-OH is 3. The summed E-state index contributed by atoms with van der Waals surface area (Å²) < 4.78 is 64.3. The molecule has 0 spiro atoms. The lowest BCUT2D eigenvalue weighted by molar-refractivity contribution is -0.137. The van der Waals surface area contributed by atoms with E-state index in [2.05, 4.69) is 4.18 Å². The first kappa shape index (κ1) is 19.3. The monoisotopic (exact) mass is 339 g/mol. The van der Waals surface area contributed by atoms with Crippen molar-refractivity contribution < 1.29 is 50.2 Å². The second-order valence-corrected chi connectivity index (χ2v) is 5.66. The molecular weight excluding hydrogens is 326 g/mol. The van der Waals surface area contributed by atoms with Gasteiger partial charge in [-0.2, -0.15) is 21.6 Å². The molecule has 20 heavy (non-hydrogen) atoms. The summed E-state index contributed by atoms with van der Waals surface area (Å²) in [5.74, 6) is -1.56. The van der Waals surface area contributed by atoms with Crippen molar-refractivity contribution in [3.8, 4) is 0 Å². The highest BCUT2D eigenvalue weighted by atomic mass is 32.3. The van der Waals surface area contributed by atoms with Crippen LogP contribution in [-0.2, 0) is 29.7 Å². The zero-order chi connectivity index (χ0) is 16.1. The number of hydrogen-bond acceptors (Lipinski definition) is 9. The fourth-order valence-electron chi connectivity index (χ4n) is 1.11. The van der Waals surface area contributed by atoms with Crippen LogP contribution in [0.5, 0.6) is 0 Å². The molecule has 0 aliphatic carbocycles. The van der Waals surface area contributed by atoms with E-state index >= 15 is 0 Å². The second kappa shape index (κ2) is 7.34. The van der Waals surface area contributed by atoms with Gasteiger partial charge in [-0.1, -0.05) is 0 Å². The van der Waals surface area contributed by atoms with Crippen molar-refractivity contribution in [2.75, 3.05) is 13.2 Å². The molecule has 0 aliphatic heterocycles. The molecular formula is C6H13NO11S2. The van der Waals surface area contributed by atoms with Crippen LogP contribution >= 0.6 is 0 Å². The minimum atomic E-state index is -5.26. The predicted molar refractivity (Wildman–Crippen MR) is 60.1 cm³/mol. The average molecular weight is 339 g/mol. The number of hydrogen-bond donors (Lipinski definition) is 6. The van der Waals surface area contributed by atoms with Gasteiger partial charge in [0.05, 0.1) is 19.3 Å². The molecule has 3 atom stereocenters. The molecule has 0 rings (SSSR count). The van der Waals surface area contributed by atoms with Crippen LogP contribution in [0.1, 0.15) is 0 Å². The van der Waals surface area contributed by atoms with Crippen LogP contribution in [-0.4, -0.2) is 78.5 Å². The van der Waals surface area contributed by atoms with E-state index in [1.54, 1.807) is 0 Å². The summed E-state index contributed by atoms with van der Waals surface area (Å²) in [6, 6.07) is -2.04. The molecule has 0 aliphatic rings. The number of carbonyl (C=O) groups excluding carboxylic acids is 1. The maximum atomic E-state index is 11.5. The molecule has 0 fully saturated rings. The first-order valence-corrected chi connectivity index (χ1v) is 7.55. The molecule has 0 heterocycles. The minimum Gasteiger partial charge on any atom is -0.395 e. The van der Waals surface area contributed by atoms with E-state index in [9.17, 15) is 21.6 Å². The quantitative estimate of drug-likeness (QED) is 0.222. The van der Waals surface area contributed by atoms with Crippen LogP contribution in [0.25, 0.3) is 0 Å². The summed E-state index contributed by atoms with van der Waals surface area (Å²) in [6.07, 6.45) is -4.59. The third-order valence-electron chi connectivity index (χ3n) is 1.87. The summed E-state index contributed by atoms with van der Waals surface area (Å²) in [7, 11) is -10.2. The van der Waals surface area contributed by atoms with Gasteiger partial charge in [-0.15, -0.1) is 0 Å². The van der Waals surface area contributed by atoms with E-state index in [1.807, 2.05) is 0 Å². The molecule has 6 N–H and O–H groups in total. The zero-order valence-corrected chi connectivity index (χ0v) is 11.3. The van der Waals surface area contributed by atoms with Crippen LogP contribution in [0.4, 0.5) is 0 Å². The fraction of sp³-hybridized carbons (Fsp3) is 0.833. The normalized spacial score (nSPS) is 17.4. The fourth-order valence-corrected chi connectivity index (χ4v) is 2.18. The Hall–Kier alpha value is -0.710. The molecule has 120 valence electrons. The van der Waals surface area contributed by atoms with E-state index in [-0.39, 0.29) is 0 Å². The number of rotatable bonds is 9. The van der Waals surface area contributed by atoms with Crippen molar-refractivity contribution in [2.45, 2.75) is 18.2 Å². The van der Waals surface area contributed by atoms with Crippen LogP contribution in [0.2, 0.25) is 0 Å². The first-order valence-electron chi connectivity index (χ1n) is 4.75. The number of carbonyl (C=O) groups is 1. The Morgan fingerprint density at radius 1 is 1.10 bits per heavy atom. The van der Waals surface area contributed by atoms with Gasteiger partial charge in [0.15, 0.2) is 11.9 Å². The lowest BCUT2D eigenvalue weighted by atomic mass is 10.0. The molecule has 0 radical (unpaired) electrons. The summed E-state index contributed by atoms with van der Waals surface area (Å²) in [5, 5.41) is 26.5. The number of nitrogens with one attached hydrogen (secondary N) is 1. The molecule has 0 aromatic rings. The van der Waals surface area contributed by atoms with E-state index in [1.165, 1.54) is 4.72 Å². The number of ketones is 1. The van der Waals surface area contributed by atoms with Gasteiger partial charge in [-0.05, 0) is 0 Å². The Bertz CT molecular complexity index is 525. The van der Waals surface area contributed by atoms with Crippen LogP contribution in [0, 0.1) is 0 Å². The lowest BCUT2D eigenvalue weighted by Gasteiger charge is -2.24. The van der Waals surface area contributed by atoms with Gasteiger partial charge in [0, 0.05) is 0 Å². The molecule has 14 heteroatoms. The Morgan fingerprint density at radius 2 is 1.60 bits per heavy atom. The van der Waals surface area contributed by atoms with Gasteiger partial charge in [-0.3, -0.25) is 13.9 Å². The van der Waals surface area contributed by atoms with Gasteiger partial charge in [0.25, 0.3) is 0 Å². The van der Waals surface area contributed by atoms with E-state index in [4.69, 9.17) is 24.4 Å². The summed E-state index contributed by atoms with van der Waals surface area (Å²) in [5.41, 5.74) is 0. The van der Waals surface area contributed by atoms with Crippen molar-refractivity contribution in [1.29, 1.82) is 0 Å². The Kier molecular flexibility index (Phi) is 7.08. The number of Topliss-reactive ketones (excluding diaryl/α,β-unsaturated/α-hetero) is 1. The summed E-state index contributed by atoms with van der Waals surface area (Å²) >= 11 is 0. The first-order chi connectivity index (χ1) is 8.91. The van der Waals surface area contributed by atoms with Crippen LogP contribution in [0.3, 0.4) is 0 Å². The highest BCUT2D eigenvalue weighted by Gasteiger charge is 2.38. The van der Waals surface area contributed by atoms with Crippen molar-refractivity contribution >= 4 is 26.5 Å². The lowest BCUT2D eigenvalue weighted by Crippen LogP contribution is -2.53. The molecule has 0 aromatic heterocycles. The third kappa shape index (κ3) is 7.17. The standard InChI is InChI=1S/C6H13NO11S2/c8-1-3(7-19(12,13)14)6(18-20(15,16)17)5(11)4(10)2-9/h3-4,6-10H,1-2H2,(H,12,13,14)(H,15,16,17)/t3-,4+,6+/m0/s1. The van der Waals surface area contributed by atoms with E-state index in [0.717, 1.165) is 0 Å². The van der Waals surface area contributed by atoms with Gasteiger partial charge in [-0.25, -0.2) is 4.18 Å². The minimum absolute atomic E-state index is 1.16. The topological polar surface area (TPSA) is 208 Å². The molecule has 12 nitrogen and oxygen atoms in total. The Labute approximate surface area is 113 Å². The highest BCUT2D eigenvalue weighted by molar-refractivity contribution is 7.83. The largest absolute Gasteiger partial charge is 0.398 e. The van der Waals surface area contributed by atoms with Gasteiger partial charge in [0.2, 0.25) is 0 Å². The van der Waals surface area contributed by atoms with E-state index in [0.29, 0.717) is 0 Å². The van der Waals surface area contributed by atoms with Crippen LogP contribution < -0.4 is 4.72 Å². The molecule has 0 bridgehead atoms. The average Bonchev–Trinajstić information content (AvgIpc) is 2.29. The maximum absolute atomic E-state index is 11.5. The van der Waals surface area contributed by atoms with Gasteiger partial charge >= 0.3 is 20.7 Å². The Balaban J connectivity index is 5.43. The van der Waals surface area contributed by atoms with Gasteiger partial charge in [0.1, 0.15) is 6.10 Å². The van der Waals surface area contributed by atoms with Crippen molar-refractivity contribution in [3.63, 3.8) is 0 Å². The zero-order valence-electron chi connectivity index (χ0n) is 9.65. The molecule has 0 saturated carbocycles. The predicted octanol–water partition coefficient (Wildman–Crippen LogP) is -4.15. The van der Waals surface area contributed by atoms with Gasteiger partial charge < -0.3 is 15.3 Å². The van der Waals surface area contributed by atoms with Crippen molar-refractivity contribution in [2.24, 2.45) is 0 Å². The highest BCUT2D eigenvalue weighted by Crippen LogP contribution is 2.09. The summed E-state index contributed by atoms with van der Waals surface area (Å²) in [4.78, 5) is 11.5. The second-order valence-electron chi connectivity index (χ2n) is 3.43. The summed E-state index contributed by atoms with van der Waals surface area (Å²) in [6.45, 7) is -2.39. The van der Waals surface area contributed by atoms with Crippen LogP contribution in [0.15, 0.2) is 0 Å². The smallest absolute Gasteiger partial charge is 0.395 e. The molecule has 0 aromatic carbocycles. The maximum Gasteiger partial charge on any atom is 0.398 e.